The molecule has 0 saturated heterocycles. The van der Waals surface area contributed by atoms with Crippen molar-refractivity contribution in [2.45, 2.75) is 18.9 Å². The summed E-state index contributed by atoms with van der Waals surface area (Å²) < 4.78 is 0. The van der Waals surface area contributed by atoms with Crippen LogP contribution in [-0.4, -0.2) is 52.4 Å². The standard InChI is InChI=1S/C11H16N6O3/c1-16(2)9(18)6-13-11-12-5-8(17(19)20)10(15-11)14-7-3-4-7/h5,7H,3-4,6H2,1-2H3,(H2,12,13,14,15). The fourth-order valence-corrected chi connectivity index (χ4v) is 1.43. The van der Waals surface area contributed by atoms with E-state index in [1.807, 2.05) is 0 Å². The molecule has 0 aliphatic heterocycles. The number of nitro groups is 1. The lowest BCUT2D eigenvalue weighted by Crippen LogP contribution is -2.29. The first-order chi connectivity index (χ1) is 9.47. The number of hydrogen-bond acceptors (Lipinski definition) is 7. The lowest BCUT2D eigenvalue weighted by molar-refractivity contribution is -0.384. The minimum absolute atomic E-state index is 0.0354. The van der Waals surface area contributed by atoms with E-state index in [-0.39, 0.29) is 35.9 Å². The van der Waals surface area contributed by atoms with E-state index in [1.54, 1.807) is 14.1 Å². The molecule has 0 atom stereocenters. The monoisotopic (exact) mass is 280 g/mol. The number of nitrogens with one attached hydrogen (secondary N) is 2. The number of carbonyl (C=O) groups is 1. The summed E-state index contributed by atoms with van der Waals surface area (Å²) in [6, 6.07) is 0.236. The van der Waals surface area contributed by atoms with Crippen molar-refractivity contribution in [3.63, 3.8) is 0 Å². The average molecular weight is 280 g/mol. The lowest BCUT2D eigenvalue weighted by atomic mass is 10.4. The van der Waals surface area contributed by atoms with Gasteiger partial charge in [0, 0.05) is 20.1 Å². The van der Waals surface area contributed by atoms with E-state index in [0.717, 1.165) is 19.0 Å². The van der Waals surface area contributed by atoms with Crippen LogP contribution in [0.1, 0.15) is 12.8 Å². The molecule has 0 radical (unpaired) electrons. The van der Waals surface area contributed by atoms with Gasteiger partial charge < -0.3 is 15.5 Å². The number of aromatic nitrogens is 2. The number of amides is 1. The lowest BCUT2D eigenvalue weighted by Gasteiger charge is -2.11. The highest BCUT2D eigenvalue weighted by molar-refractivity contribution is 5.79. The van der Waals surface area contributed by atoms with Gasteiger partial charge in [0.25, 0.3) is 0 Å². The van der Waals surface area contributed by atoms with Crippen molar-refractivity contribution < 1.29 is 9.72 Å². The fraction of sp³-hybridized carbons (Fsp3) is 0.545. The molecule has 108 valence electrons. The van der Waals surface area contributed by atoms with E-state index in [4.69, 9.17) is 0 Å². The van der Waals surface area contributed by atoms with Crippen molar-refractivity contribution in [1.29, 1.82) is 0 Å². The largest absolute Gasteiger partial charge is 0.361 e. The third-order valence-electron chi connectivity index (χ3n) is 2.78. The van der Waals surface area contributed by atoms with E-state index < -0.39 is 4.92 Å². The number of carbonyl (C=O) groups excluding carboxylic acids is 1. The zero-order valence-electron chi connectivity index (χ0n) is 11.3. The Bertz CT molecular complexity index is 529. The van der Waals surface area contributed by atoms with Crippen molar-refractivity contribution >= 4 is 23.4 Å². The Labute approximate surface area is 115 Å². The summed E-state index contributed by atoms with van der Waals surface area (Å²) in [5.41, 5.74) is -0.165. The molecule has 1 heterocycles. The normalized spacial score (nSPS) is 13.7. The van der Waals surface area contributed by atoms with Crippen LogP contribution in [0.4, 0.5) is 17.5 Å². The first-order valence-corrected chi connectivity index (χ1v) is 6.19. The maximum atomic E-state index is 11.4. The summed E-state index contributed by atoms with van der Waals surface area (Å²) in [6.45, 7) is 0.0354. The van der Waals surface area contributed by atoms with Crippen LogP contribution in [0.2, 0.25) is 0 Å². The molecule has 1 fully saturated rings. The van der Waals surface area contributed by atoms with Crippen LogP contribution >= 0.6 is 0 Å². The Balaban J connectivity index is 2.09. The van der Waals surface area contributed by atoms with Crippen molar-refractivity contribution in [2.24, 2.45) is 0 Å². The van der Waals surface area contributed by atoms with Gasteiger partial charge in [-0.15, -0.1) is 0 Å². The van der Waals surface area contributed by atoms with E-state index in [2.05, 4.69) is 20.6 Å². The molecule has 20 heavy (non-hydrogen) atoms. The molecule has 0 bridgehead atoms. The van der Waals surface area contributed by atoms with E-state index >= 15 is 0 Å². The zero-order valence-corrected chi connectivity index (χ0v) is 11.3. The Morgan fingerprint density at radius 1 is 1.55 bits per heavy atom. The van der Waals surface area contributed by atoms with Crippen LogP contribution in [0.15, 0.2) is 6.20 Å². The fourth-order valence-electron chi connectivity index (χ4n) is 1.43. The van der Waals surface area contributed by atoms with Gasteiger partial charge in [-0.05, 0) is 12.8 Å². The van der Waals surface area contributed by atoms with Crippen LogP contribution in [-0.2, 0) is 4.79 Å². The number of nitrogens with zero attached hydrogens (tertiary/aromatic N) is 4. The van der Waals surface area contributed by atoms with Crippen molar-refractivity contribution in [3.05, 3.63) is 16.3 Å². The number of hydrogen-bond donors (Lipinski definition) is 2. The smallest absolute Gasteiger partial charge is 0.329 e. The highest BCUT2D eigenvalue weighted by Crippen LogP contribution is 2.29. The molecule has 9 heteroatoms. The van der Waals surface area contributed by atoms with Gasteiger partial charge in [-0.3, -0.25) is 14.9 Å². The van der Waals surface area contributed by atoms with E-state index in [1.165, 1.54) is 4.90 Å². The molecule has 9 nitrogen and oxygen atoms in total. The topological polar surface area (TPSA) is 113 Å². The minimum atomic E-state index is -0.528. The van der Waals surface area contributed by atoms with Crippen LogP contribution < -0.4 is 10.6 Å². The molecular weight excluding hydrogens is 264 g/mol. The molecule has 0 unspecified atom stereocenters. The Morgan fingerprint density at radius 2 is 2.25 bits per heavy atom. The maximum absolute atomic E-state index is 11.4. The molecule has 1 aromatic rings. The molecule has 1 aromatic heterocycles. The van der Waals surface area contributed by atoms with Gasteiger partial charge in [0.2, 0.25) is 17.7 Å². The van der Waals surface area contributed by atoms with Gasteiger partial charge in [0.15, 0.2) is 0 Å². The average Bonchev–Trinajstić information content (AvgIpc) is 3.19. The molecule has 2 rings (SSSR count). The predicted molar refractivity (Wildman–Crippen MR) is 72.5 cm³/mol. The van der Waals surface area contributed by atoms with Gasteiger partial charge in [-0.25, -0.2) is 4.98 Å². The molecule has 1 saturated carbocycles. The Morgan fingerprint density at radius 3 is 2.80 bits per heavy atom. The van der Waals surface area contributed by atoms with Crippen molar-refractivity contribution in [1.82, 2.24) is 14.9 Å². The predicted octanol–water partition coefficient (Wildman–Crippen LogP) is 0.459. The molecule has 1 aliphatic rings. The molecule has 0 spiro atoms. The number of likely N-dealkylation sites (N-methyl/N-ethyl adjacent to an activating group) is 1. The summed E-state index contributed by atoms with van der Waals surface area (Å²) in [5.74, 6) is 0.241. The SMILES string of the molecule is CN(C)C(=O)CNc1ncc([N+](=O)[O-])c(NC2CC2)n1. The summed E-state index contributed by atoms with van der Waals surface area (Å²) >= 11 is 0. The summed E-state index contributed by atoms with van der Waals surface area (Å²) in [7, 11) is 3.28. The van der Waals surface area contributed by atoms with Gasteiger partial charge in [-0.2, -0.15) is 4.98 Å². The molecule has 1 aliphatic carbocycles. The van der Waals surface area contributed by atoms with Gasteiger partial charge in [-0.1, -0.05) is 0 Å². The highest BCUT2D eigenvalue weighted by Gasteiger charge is 2.26. The maximum Gasteiger partial charge on any atom is 0.329 e. The van der Waals surface area contributed by atoms with Crippen LogP contribution in [0, 0.1) is 10.1 Å². The quantitative estimate of drug-likeness (QED) is 0.574. The second kappa shape index (κ2) is 5.68. The minimum Gasteiger partial charge on any atom is -0.361 e. The number of anilines is 2. The molecule has 1 amide bonds. The molecule has 2 N–H and O–H groups in total. The second-order valence-corrected chi connectivity index (χ2v) is 4.74. The summed E-state index contributed by atoms with van der Waals surface area (Å²) in [6.07, 6.45) is 3.09. The summed E-state index contributed by atoms with van der Waals surface area (Å²) in [4.78, 5) is 31.2. The van der Waals surface area contributed by atoms with Crippen molar-refractivity contribution in [2.75, 3.05) is 31.3 Å². The van der Waals surface area contributed by atoms with Crippen LogP contribution in [0.3, 0.4) is 0 Å². The van der Waals surface area contributed by atoms with Crippen LogP contribution in [0.25, 0.3) is 0 Å². The van der Waals surface area contributed by atoms with E-state index in [9.17, 15) is 14.9 Å². The molecule has 0 aromatic carbocycles. The highest BCUT2D eigenvalue weighted by atomic mass is 16.6. The first-order valence-electron chi connectivity index (χ1n) is 6.19. The zero-order chi connectivity index (χ0) is 14.7. The molecular formula is C11H16N6O3. The van der Waals surface area contributed by atoms with Gasteiger partial charge >= 0.3 is 5.69 Å². The van der Waals surface area contributed by atoms with Gasteiger partial charge in [0.05, 0.1) is 11.5 Å². The van der Waals surface area contributed by atoms with Crippen LogP contribution in [0.5, 0.6) is 0 Å². The third kappa shape index (κ3) is 3.53. The number of rotatable bonds is 6. The summed E-state index contributed by atoms with van der Waals surface area (Å²) in [5, 5.41) is 16.6. The van der Waals surface area contributed by atoms with Gasteiger partial charge in [0.1, 0.15) is 6.20 Å². The third-order valence-corrected chi connectivity index (χ3v) is 2.78. The Hall–Kier alpha value is -2.45. The first kappa shape index (κ1) is 14.0. The van der Waals surface area contributed by atoms with Crippen molar-refractivity contribution in [3.8, 4) is 0 Å². The Kier molecular flexibility index (Phi) is 3.97. The second-order valence-electron chi connectivity index (χ2n) is 4.74. The van der Waals surface area contributed by atoms with E-state index in [0.29, 0.717) is 0 Å².